The first-order valence-corrected chi connectivity index (χ1v) is 14.0. The van der Waals surface area contributed by atoms with Crippen molar-refractivity contribution in [2.24, 2.45) is 0 Å². The first-order chi connectivity index (χ1) is 20.3. The summed E-state index contributed by atoms with van der Waals surface area (Å²) < 4.78 is 54.7. The predicted molar refractivity (Wildman–Crippen MR) is 144 cm³/mol. The highest BCUT2D eigenvalue weighted by Crippen LogP contribution is 2.31. The molecule has 216 valence electrons. The minimum Gasteiger partial charge on any atom is -0.459 e. The molecule has 0 radical (unpaired) electrons. The molecular formula is C29H24N2O10S. The molecule has 42 heavy (non-hydrogen) atoms. The number of benzene rings is 3. The quantitative estimate of drug-likeness (QED) is 0.198. The van der Waals surface area contributed by atoms with Gasteiger partial charge in [-0.15, -0.1) is 0 Å². The molecule has 4 aromatic rings. The Morgan fingerprint density at radius 2 is 1.26 bits per heavy atom. The number of aromatic nitrogens is 2. The number of carbonyl (C=O) groups excluding carboxylic acids is 3. The van der Waals surface area contributed by atoms with Gasteiger partial charge in [0.15, 0.2) is 12.2 Å². The second kappa shape index (κ2) is 12.8. The lowest BCUT2D eigenvalue weighted by Crippen LogP contribution is -2.43. The van der Waals surface area contributed by atoms with Gasteiger partial charge >= 0.3 is 28.2 Å². The van der Waals surface area contributed by atoms with Crippen LogP contribution in [0.15, 0.2) is 110 Å². The van der Waals surface area contributed by atoms with E-state index in [2.05, 4.69) is 4.98 Å². The monoisotopic (exact) mass is 592 g/mol. The average molecular weight is 593 g/mol. The molecule has 1 aromatic heterocycles. The third kappa shape index (κ3) is 6.71. The SMILES string of the molecule is O=C(OCC1OC(OC(=O)c2ccccc2)C(OS(=O)(=O)n2ccnc2)C1OC(=O)c1ccccc1)c1ccccc1. The van der Waals surface area contributed by atoms with E-state index in [1.165, 1.54) is 30.5 Å². The Bertz CT molecular complexity index is 1610. The number of carbonyl (C=O) groups is 3. The Morgan fingerprint density at radius 1 is 0.738 bits per heavy atom. The minimum atomic E-state index is -4.58. The lowest BCUT2D eigenvalue weighted by atomic mass is 10.1. The second-order valence-corrected chi connectivity index (χ2v) is 10.4. The summed E-state index contributed by atoms with van der Waals surface area (Å²) in [6, 6.07) is 23.9. The molecule has 5 rings (SSSR count). The summed E-state index contributed by atoms with van der Waals surface area (Å²) in [4.78, 5) is 42.4. The van der Waals surface area contributed by atoms with Crippen molar-refractivity contribution in [3.05, 3.63) is 126 Å². The van der Waals surface area contributed by atoms with Gasteiger partial charge < -0.3 is 18.9 Å². The van der Waals surface area contributed by atoms with Gasteiger partial charge in [0.25, 0.3) is 0 Å². The number of hydrogen-bond donors (Lipinski definition) is 0. The maximum atomic E-state index is 13.1. The molecule has 2 heterocycles. The van der Waals surface area contributed by atoms with Crippen molar-refractivity contribution in [2.75, 3.05) is 6.61 Å². The van der Waals surface area contributed by atoms with Crippen LogP contribution in [0.5, 0.6) is 0 Å². The van der Waals surface area contributed by atoms with Crippen LogP contribution in [0.2, 0.25) is 0 Å². The summed E-state index contributed by atoms with van der Waals surface area (Å²) in [6.45, 7) is -0.495. The molecule has 4 atom stereocenters. The normalized spacial score (nSPS) is 20.0. The van der Waals surface area contributed by atoms with Crippen molar-refractivity contribution in [1.82, 2.24) is 8.96 Å². The zero-order chi connectivity index (χ0) is 29.5. The van der Waals surface area contributed by atoms with E-state index >= 15 is 0 Å². The van der Waals surface area contributed by atoms with Crippen LogP contribution >= 0.6 is 0 Å². The highest BCUT2D eigenvalue weighted by Gasteiger charge is 2.53. The summed E-state index contributed by atoms with van der Waals surface area (Å²) in [5.41, 5.74) is 0.545. The standard InChI is InChI=1S/C29H24N2O10S/c32-26(20-10-4-1-5-11-20)37-18-23-24(39-27(33)21-12-6-2-7-13-21)25(41-42(35,36)31-17-16-30-19-31)29(38-23)40-28(34)22-14-8-3-9-15-22/h1-17,19,23-25,29H,18H2. The van der Waals surface area contributed by atoms with Gasteiger partial charge in [-0.2, -0.15) is 8.42 Å². The van der Waals surface area contributed by atoms with Gasteiger partial charge in [-0.25, -0.2) is 27.5 Å². The molecule has 0 aliphatic carbocycles. The van der Waals surface area contributed by atoms with Crippen LogP contribution in [0, 0.1) is 0 Å². The Balaban J connectivity index is 1.46. The molecule has 3 aromatic carbocycles. The number of hydrogen-bond acceptors (Lipinski definition) is 11. The Morgan fingerprint density at radius 3 is 1.79 bits per heavy atom. The van der Waals surface area contributed by atoms with E-state index in [0.717, 1.165) is 12.5 Å². The first kappa shape index (κ1) is 28.7. The lowest BCUT2D eigenvalue weighted by molar-refractivity contribution is -0.135. The molecule has 0 amide bonds. The van der Waals surface area contributed by atoms with Crippen LogP contribution in [0.4, 0.5) is 0 Å². The fourth-order valence-electron chi connectivity index (χ4n) is 4.06. The zero-order valence-electron chi connectivity index (χ0n) is 21.8. The van der Waals surface area contributed by atoms with Crippen LogP contribution in [0.3, 0.4) is 0 Å². The van der Waals surface area contributed by atoms with Gasteiger partial charge in [0.1, 0.15) is 19.0 Å². The summed E-state index contributed by atoms with van der Waals surface area (Å²) >= 11 is 0. The smallest absolute Gasteiger partial charge is 0.367 e. The first-order valence-electron chi connectivity index (χ1n) is 12.6. The van der Waals surface area contributed by atoms with Gasteiger partial charge in [-0.05, 0) is 36.4 Å². The number of nitrogens with zero attached hydrogens (tertiary/aromatic N) is 2. The Kier molecular flexibility index (Phi) is 8.71. The fraction of sp³-hybridized carbons (Fsp3) is 0.172. The largest absolute Gasteiger partial charge is 0.459 e. The van der Waals surface area contributed by atoms with Gasteiger partial charge in [0.05, 0.1) is 16.7 Å². The second-order valence-electron chi connectivity index (χ2n) is 8.93. The van der Waals surface area contributed by atoms with E-state index in [0.29, 0.717) is 3.97 Å². The van der Waals surface area contributed by atoms with E-state index in [9.17, 15) is 22.8 Å². The van der Waals surface area contributed by atoms with Gasteiger partial charge in [-0.1, -0.05) is 54.6 Å². The van der Waals surface area contributed by atoms with E-state index in [1.54, 1.807) is 66.7 Å². The van der Waals surface area contributed by atoms with Crippen molar-refractivity contribution in [1.29, 1.82) is 0 Å². The molecule has 1 aliphatic rings. The molecule has 1 saturated heterocycles. The Hall–Kier alpha value is -4.85. The molecule has 0 N–H and O–H groups in total. The maximum absolute atomic E-state index is 13.1. The van der Waals surface area contributed by atoms with Crippen molar-refractivity contribution < 1.29 is 45.9 Å². The zero-order valence-corrected chi connectivity index (χ0v) is 22.6. The predicted octanol–water partition coefficient (Wildman–Crippen LogP) is 3.03. The molecule has 4 unspecified atom stereocenters. The summed E-state index contributed by atoms with van der Waals surface area (Å²) in [7, 11) is -4.58. The van der Waals surface area contributed by atoms with Crippen LogP contribution in [0.25, 0.3) is 0 Å². The van der Waals surface area contributed by atoms with Crippen molar-refractivity contribution in [2.45, 2.75) is 24.6 Å². The lowest BCUT2D eigenvalue weighted by Gasteiger charge is -2.23. The van der Waals surface area contributed by atoms with E-state index in [1.807, 2.05) is 0 Å². The third-order valence-corrected chi connectivity index (χ3v) is 7.31. The van der Waals surface area contributed by atoms with Gasteiger partial charge in [-0.3, -0.25) is 0 Å². The topological polar surface area (TPSA) is 149 Å². The van der Waals surface area contributed by atoms with Crippen molar-refractivity contribution >= 4 is 28.2 Å². The molecular weight excluding hydrogens is 568 g/mol. The molecule has 1 fully saturated rings. The van der Waals surface area contributed by atoms with Crippen LogP contribution in [-0.4, -0.2) is 66.5 Å². The number of rotatable bonds is 10. The number of esters is 3. The van der Waals surface area contributed by atoms with Crippen molar-refractivity contribution in [3.63, 3.8) is 0 Å². The molecule has 1 aliphatic heterocycles. The fourth-order valence-corrected chi connectivity index (χ4v) is 5.02. The Labute approximate surface area is 240 Å². The summed E-state index contributed by atoms with van der Waals surface area (Å²) in [5, 5.41) is 0. The summed E-state index contributed by atoms with van der Waals surface area (Å²) in [5.74, 6) is -2.41. The minimum absolute atomic E-state index is 0.147. The van der Waals surface area contributed by atoms with Gasteiger partial charge in [0, 0.05) is 12.4 Å². The van der Waals surface area contributed by atoms with E-state index in [4.69, 9.17) is 23.1 Å². The molecule has 0 saturated carbocycles. The highest BCUT2D eigenvalue weighted by atomic mass is 32.2. The highest BCUT2D eigenvalue weighted by molar-refractivity contribution is 7.85. The van der Waals surface area contributed by atoms with Crippen LogP contribution in [-0.2, 0) is 33.4 Å². The number of imidazole rings is 1. The van der Waals surface area contributed by atoms with Crippen LogP contribution in [0.1, 0.15) is 31.1 Å². The van der Waals surface area contributed by atoms with Crippen LogP contribution < -0.4 is 0 Å². The van der Waals surface area contributed by atoms with Gasteiger partial charge in [0.2, 0.25) is 6.29 Å². The molecule has 0 spiro atoms. The summed E-state index contributed by atoms with van der Waals surface area (Å²) in [6.07, 6.45) is -2.85. The maximum Gasteiger partial charge on any atom is 0.367 e. The van der Waals surface area contributed by atoms with Crippen molar-refractivity contribution in [3.8, 4) is 0 Å². The van der Waals surface area contributed by atoms with E-state index < -0.39 is 59.4 Å². The molecule has 12 nitrogen and oxygen atoms in total. The van der Waals surface area contributed by atoms with E-state index in [-0.39, 0.29) is 16.7 Å². The average Bonchev–Trinajstić information content (AvgIpc) is 3.67. The molecule has 13 heteroatoms. The third-order valence-electron chi connectivity index (χ3n) is 6.11. The molecule has 0 bridgehead atoms. The number of ether oxygens (including phenoxy) is 4.